The molecule has 0 aromatic carbocycles. The molecule has 1 saturated carbocycles. The van der Waals surface area contributed by atoms with Crippen LogP contribution in [0.15, 0.2) is 30.6 Å². The van der Waals surface area contributed by atoms with E-state index in [4.69, 9.17) is 4.98 Å². The van der Waals surface area contributed by atoms with Gasteiger partial charge in [-0.05, 0) is 43.4 Å². The van der Waals surface area contributed by atoms with Crippen molar-refractivity contribution in [1.29, 1.82) is 0 Å². The molecule has 2 N–H and O–H groups in total. The third kappa shape index (κ3) is 3.77. The van der Waals surface area contributed by atoms with Gasteiger partial charge in [0.1, 0.15) is 17.2 Å². The lowest BCUT2D eigenvalue weighted by Crippen LogP contribution is -2.49. The summed E-state index contributed by atoms with van der Waals surface area (Å²) in [4.78, 5) is 31.1. The van der Waals surface area contributed by atoms with Crippen LogP contribution in [0.5, 0.6) is 0 Å². The first kappa shape index (κ1) is 22.6. The Labute approximate surface area is 200 Å². The van der Waals surface area contributed by atoms with E-state index in [-0.39, 0.29) is 11.4 Å². The van der Waals surface area contributed by atoms with Crippen LogP contribution in [-0.4, -0.2) is 70.6 Å². The van der Waals surface area contributed by atoms with Gasteiger partial charge in [-0.2, -0.15) is 4.98 Å². The van der Waals surface area contributed by atoms with Gasteiger partial charge in [0, 0.05) is 57.4 Å². The first-order valence-corrected chi connectivity index (χ1v) is 12.2. The number of amides is 1. The summed E-state index contributed by atoms with van der Waals surface area (Å²) in [6.07, 6.45) is 6.85. The van der Waals surface area contributed by atoms with Gasteiger partial charge in [-0.1, -0.05) is 13.8 Å². The van der Waals surface area contributed by atoms with Crippen molar-refractivity contribution in [3.05, 3.63) is 36.3 Å². The summed E-state index contributed by atoms with van der Waals surface area (Å²) in [5.41, 5.74) is 2.50. The molecule has 1 aliphatic heterocycles. The lowest BCUT2D eigenvalue weighted by atomic mass is 9.65. The topological polar surface area (TPSA) is 91.2 Å². The third-order valence-corrected chi connectivity index (χ3v) is 7.62. The van der Waals surface area contributed by atoms with E-state index in [1.165, 1.54) is 0 Å². The molecule has 34 heavy (non-hydrogen) atoms. The highest BCUT2D eigenvalue weighted by molar-refractivity contribution is 5.98. The summed E-state index contributed by atoms with van der Waals surface area (Å²) in [5.74, 6) is 1.65. The zero-order chi connectivity index (χ0) is 23.9. The number of fused-ring (bicyclic) bond motifs is 1. The zero-order valence-corrected chi connectivity index (χ0v) is 20.5. The molecule has 4 heterocycles. The van der Waals surface area contributed by atoms with Gasteiger partial charge in [0.05, 0.1) is 11.9 Å². The van der Waals surface area contributed by atoms with Crippen molar-refractivity contribution in [2.24, 2.45) is 5.92 Å². The van der Waals surface area contributed by atoms with Crippen LogP contribution in [0.4, 0.5) is 17.5 Å². The van der Waals surface area contributed by atoms with Gasteiger partial charge in [0.25, 0.3) is 5.91 Å². The molecule has 0 bridgehead atoms. The van der Waals surface area contributed by atoms with Gasteiger partial charge in [-0.25, -0.2) is 9.97 Å². The molecule has 0 radical (unpaired) electrons. The van der Waals surface area contributed by atoms with E-state index in [0.29, 0.717) is 23.4 Å². The molecule has 2 fully saturated rings. The van der Waals surface area contributed by atoms with E-state index < -0.39 is 0 Å². The summed E-state index contributed by atoms with van der Waals surface area (Å²) < 4.78 is 2.19. The fourth-order valence-electron chi connectivity index (χ4n) is 5.35. The summed E-state index contributed by atoms with van der Waals surface area (Å²) in [7, 11) is 3.59. The summed E-state index contributed by atoms with van der Waals surface area (Å²) in [5, 5.41) is 7.51. The first-order valence-electron chi connectivity index (χ1n) is 12.2. The molecular formula is C25H34N8O. The lowest BCUT2D eigenvalue weighted by Gasteiger charge is -2.50. The van der Waals surface area contributed by atoms with E-state index >= 15 is 0 Å². The number of aromatic nitrogens is 4. The monoisotopic (exact) mass is 462 g/mol. The largest absolute Gasteiger partial charge is 0.368 e. The van der Waals surface area contributed by atoms with Crippen molar-refractivity contribution in [1.82, 2.24) is 29.7 Å². The Morgan fingerprint density at radius 3 is 2.62 bits per heavy atom. The Morgan fingerprint density at radius 2 is 2.03 bits per heavy atom. The predicted molar refractivity (Wildman–Crippen MR) is 135 cm³/mol. The number of hydrogen-bond acceptors (Lipinski definition) is 7. The van der Waals surface area contributed by atoms with Gasteiger partial charge >= 0.3 is 0 Å². The molecule has 1 saturated heterocycles. The molecule has 9 nitrogen and oxygen atoms in total. The van der Waals surface area contributed by atoms with Crippen LogP contribution >= 0.6 is 0 Å². The number of pyridine rings is 1. The molecule has 180 valence electrons. The highest BCUT2D eigenvalue weighted by Crippen LogP contribution is 2.49. The van der Waals surface area contributed by atoms with Crippen molar-refractivity contribution in [2.75, 3.05) is 50.5 Å². The number of anilines is 3. The van der Waals surface area contributed by atoms with Gasteiger partial charge in [-0.3, -0.25) is 4.79 Å². The fourth-order valence-corrected chi connectivity index (χ4v) is 5.35. The third-order valence-electron chi connectivity index (χ3n) is 7.62. The predicted octanol–water partition coefficient (Wildman–Crippen LogP) is 3.22. The van der Waals surface area contributed by atoms with E-state index in [0.717, 1.165) is 62.2 Å². The van der Waals surface area contributed by atoms with E-state index in [1.54, 1.807) is 25.2 Å². The second kappa shape index (κ2) is 8.87. The molecule has 1 unspecified atom stereocenters. The quantitative estimate of drug-likeness (QED) is 0.581. The normalized spacial score (nSPS) is 22.5. The van der Waals surface area contributed by atoms with Crippen LogP contribution in [0, 0.1) is 5.92 Å². The van der Waals surface area contributed by atoms with Crippen LogP contribution in [0.1, 0.15) is 43.6 Å². The minimum absolute atomic E-state index is 0.00963. The van der Waals surface area contributed by atoms with Crippen molar-refractivity contribution in [3.63, 3.8) is 0 Å². The van der Waals surface area contributed by atoms with Crippen LogP contribution in [0.2, 0.25) is 0 Å². The van der Waals surface area contributed by atoms with E-state index in [1.807, 2.05) is 18.3 Å². The number of nitrogens with zero attached hydrogens (tertiary/aromatic N) is 6. The molecule has 1 aliphatic carbocycles. The Balaban J connectivity index is 1.49. The molecule has 9 heteroatoms. The van der Waals surface area contributed by atoms with Gasteiger partial charge in [0.15, 0.2) is 0 Å². The van der Waals surface area contributed by atoms with Crippen molar-refractivity contribution < 1.29 is 4.79 Å². The average Bonchev–Trinajstić information content (AvgIpc) is 3.23. The van der Waals surface area contributed by atoms with Crippen LogP contribution in [0.25, 0.3) is 11.0 Å². The SMILES string of the molecule is CCC1(n2c(C(=O)N(C)C)cc3cnc(Nc4ccc(N5CCNCC5)cn4)nc32)CC[C@H]1C. The van der Waals surface area contributed by atoms with Crippen LogP contribution < -0.4 is 15.5 Å². The Kier molecular flexibility index (Phi) is 5.89. The highest BCUT2D eigenvalue weighted by Gasteiger charge is 2.46. The van der Waals surface area contributed by atoms with Gasteiger partial charge < -0.3 is 25.0 Å². The molecule has 2 atom stereocenters. The molecular weight excluding hydrogens is 428 g/mol. The number of carbonyl (C=O) groups excluding carboxylic acids is 1. The molecule has 3 aromatic heterocycles. The van der Waals surface area contributed by atoms with E-state index in [2.05, 4.69) is 50.0 Å². The Bertz CT molecular complexity index is 1180. The second-order valence-electron chi connectivity index (χ2n) is 9.70. The zero-order valence-electron chi connectivity index (χ0n) is 20.5. The minimum atomic E-state index is -0.0996. The standard InChI is InChI=1S/C25H34N8O/c1-5-25(9-8-17(25)2)33-20(23(34)31(3)4)14-18-15-28-24(30-22(18)33)29-21-7-6-19(16-27-21)32-12-10-26-11-13-32/h6-7,14-17,26H,5,8-13H2,1-4H3,(H,27,28,29,30)/t17-,25?/m1/s1. The molecule has 5 rings (SSSR count). The van der Waals surface area contributed by atoms with Crippen molar-refractivity contribution >= 4 is 34.4 Å². The maximum Gasteiger partial charge on any atom is 0.270 e. The number of rotatable bonds is 6. The Morgan fingerprint density at radius 1 is 1.24 bits per heavy atom. The number of carbonyl (C=O) groups is 1. The maximum atomic E-state index is 13.1. The number of hydrogen-bond donors (Lipinski definition) is 2. The smallest absolute Gasteiger partial charge is 0.270 e. The number of nitrogens with one attached hydrogen (secondary N) is 2. The summed E-state index contributed by atoms with van der Waals surface area (Å²) >= 11 is 0. The molecule has 3 aromatic rings. The van der Waals surface area contributed by atoms with Gasteiger partial charge in [0.2, 0.25) is 5.95 Å². The average molecular weight is 463 g/mol. The molecule has 0 spiro atoms. The highest BCUT2D eigenvalue weighted by atomic mass is 16.2. The van der Waals surface area contributed by atoms with Crippen molar-refractivity contribution in [2.45, 2.75) is 38.6 Å². The first-order chi connectivity index (χ1) is 16.4. The summed E-state index contributed by atoms with van der Waals surface area (Å²) in [6, 6.07) is 5.98. The van der Waals surface area contributed by atoms with Crippen molar-refractivity contribution in [3.8, 4) is 0 Å². The van der Waals surface area contributed by atoms with Gasteiger partial charge in [-0.15, -0.1) is 0 Å². The maximum absolute atomic E-state index is 13.1. The number of piperazine rings is 1. The second-order valence-corrected chi connectivity index (χ2v) is 9.70. The Hall–Kier alpha value is -3.20. The van der Waals surface area contributed by atoms with E-state index in [9.17, 15) is 4.79 Å². The molecule has 1 amide bonds. The molecule has 2 aliphatic rings. The minimum Gasteiger partial charge on any atom is -0.368 e. The van der Waals surface area contributed by atoms with Crippen LogP contribution in [0.3, 0.4) is 0 Å². The summed E-state index contributed by atoms with van der Waals surface area (Å²) in [6.45, 7) is 8.42. The lowest BCUT2D eigenvalue weighted by molar-refractivity contribution is 0.0488. The van der Waals surface area contributed by atoms with Crippen LogP contribution in [-0.2, 0) is 5.54 Å². The fraction of sp³-hybridized carbons (Fsp3) is 0.520.